The third-order valence-electron chi connectivity index (χ3n) is 2.45. The Morgan fingerprint density at radius 1 is 1.62 bits per heavy atom. The summed E-state index contributed by atoms with van der Waals surface area (Å²) in [6.07, 6.45) is 3.67. The van der Waals surface area contributed by atoms with E-state index in [-0.39, 0.29) is 0 Å². The summed E-state index contributed by atoms with van der Waals surface area (Å²) >= 11 is 1.80. The number of hydrogen-bond donors (Lipinski definition) is 0. The average Bonchev–Trinajstić information content (AvgIpc) is 2.71. The molecule has 2 heterocycles. The monoisotopic (exact) mass is 197 g/mol. The summed E-state index contributed by atoms with van der Waals surface area (Å²) in [6, 6.07) is 0. The van der Waals surface area contributed by atoms with Crippen LogP contribution in [0.1, 0.15) is 41.4 Å². The van der Waals surface area contributed by atoms with Gasteiger partial charge in [0, 0.05) is 11.5 Å². The molecule has 1 aromatic heterocycles. The number of rotatable bonds is 2. The highest BCUT2D eigenvalue weighted by atomic mass is 32.1. The molecule has 2 rings (SSSR count). The van der Waals surface area contributed by atoms with E-state index in [2.05, 4.69) is 18.8 Å². The molecule has 13 heavy (non-hydrogen) atoms. The molecule has 3 heteroatoms. The van der Waals surface area contributed by atoms with Gasteiger partial charge in [-0.25, -0.2) is 4.98 Å². The van der Waals surface area contributed by atoms with E-state index in [1.165, 1.54) is 22.0 Å². The first kappa shape index (κ1) is 9.16. The summed E-state index contributed by atoms with van der Waals surface area (Å²) in [6.45, 7) is 5.21. The van der Waals surface area contributed by atoms with Crippen LogP contribution >= 0.6 is 11.3 Å². The van der Waals surface area contributed by atoms with Crippen molar-refractivity contribution in [3.05, 3.63) is 15.6 Å². The molecular formula is C10H15NOS. The van der Waals surface area contributed by atoms with Crippen molar-refractivity contribution in [1.82, 2.24) is 4.98 Å². The minimum Gasteiger partial charge on any atom is -0.371 e. The minimum atomic E-state index is 0.295. The molecule has 0 aromatic carbocycles. The maximum atomic E-state index is 5.60. The number of nitrogens with zero attached hydrogens (tertiary/aromatic N) is 1. The third kappa shape index (κ3) is 1.76. The molecule has 72 valence electrons. The predicted octanol–water partition coefficient (Wildman–Crippen LogP) is 2.87. The van der Waals surface area contributed by atoms with Gasteiger partial charge >= 0.3 is 0 Å². The number of aromatic nitrogens is 1. The zero-order chi connectivity index (χ0) is 9.26. The van der Waals surface area contributed by atoms with Crippen LogP contribution in [0.25, 0.3) is 0 Å². The SMILES string of the molecule is CCc1nc(C2CCCO2)sc1C. The van der Waals surface area contributed by atoms with Gasteiger partial charge in [-0.15, -0.1) is 11.3 Å². The normalized spacial score (nSPS) is 22.5. The molecule has 1 aromatic rings. The number of aryl methyl sites for hydroxylation is 2. The van der Waals surface area contributed by atoms with Crippen molar-refractivity contribution >= 4 is 11.3 Å². The zero-order valence-electron chi connectivity index (χ0n) is 8.17. The van der Waals surface area contributed by atoms with Crippen LogP contribution in [0.15, 0.2) is 0 Å². The second-order valence-electron chi connectivity index (χ2n) is 3.41. The first-order valence-corrected chi connectivity index (χ1v) is 5.70. The maximum Gasteiger partial charge on any atom is 0.122 e. The molecule has 0 radical (unpaired) electrons. The van der Waals surface area contributed by atoms with Gasteiger partial charge in [0.15, 0.2) is 0 Å². The molecule has 0 bridgehead atoms. The Balaban J connectivity index is 2.20. The molecule has 0 aliphatic carbocycles. The lowest BCUT2D eigenvalue weighted by molar-refractivity contribution is 0.111. The summed E-state index contributed by atoms with van der Waals surface area (Å²) in [5.74, 6) is 0. The Bertz CT molecular complexity index is 289. The second-order valence-corrected chi connectivity index (χ2v) is 4.64. The van der Waals surface area contributed by atoms with Gasteiger partial charge in [-0.05, 0) is 26.2 Å². The molecule has 1 aliphatic rings. The molecule has 2 nitrogen and oxygen atoms in total. The van der Waals surface area contributed by atoms with E-state index in [1.54, 1.807) is 11.3 Å². The van der Waals surface area contributed by atoms with Gasteiger partial charge in [0.05, 0.1) is 5.69 Å². The van der Waals surface area contributed by atoms with Crippen LogP contribution in [0.3, 0.4) is 0 Å². The molecule has 1 saturated heterocycles. The van der Waals surface area contributed by atoms with Crippen LogP contribution < -0.4 is 0 Å². The summed E-state index contributed by atoms with van der Waals surface area (Å²) in [5, 5.41) is 1.19. The zero-order valence-corrected chi connectivity index (χ0v) is 8.99. The lowest BCUT2D eigenvalue weighted by atomic mass is 10.2. The molecule has 0 saturated carbocycles. The Morgan fingerprint density at radius 3 is 3.00 bits per heavy atom. The van der Waals surface area contributed by atoms with E-state index < -0.39 is 0 Å². The van der Waals surface area contributed by atoms with Gasteiger partial charge in [-0.3, -0.25) is 0 Å². The minimum absolute atomic E-state index is 0.295. The highest BCUT2D eigenvalue weighted by molar-refractivity contribution is 7.11. The van der Waals surface area contributed by atoms with Crippen molar-refractivity contribution in [1.29, 1.82) is 0 Å². The molecular weight excluding hydrogens is 182 g/mol. The lowest BCUT2D eigenvalue weighted by Gasteiger charge is -2.03. The van der Waals surface area contributed by atoms with E-state index in [9.17, 15) is 0 Å². The van der Waals surface area contributed by atoms with Crippen molar-refractivity contribution in [2.24, 2.45) is 0 Å². The largest absolute Gasteiger partial charge is 0.371 e. The van der Waals surface area contributed by atoms with Crippen molar-refractivity contribution in [2.45, 2.75) is 39.2 Å². The molecule has 0 N–H and O–H groups in total. The average molecular weight is 197 g/mol. The second kappa shape index (κ2) is 3.76. The van der Waals surface area contributed by atoms with E-state index in [4.69, 9.17) is 4.74 Å². The molecule has 1 fully saturated rings. The standard InChI is InChI=1S/C10H15NOS/c1-3-8-7(2)13-10(11-8)9-5-4-6-12-9/h9H,3-6H2,1-2H3. The Labute approximate surface area is 83.0 Å². The number of thiazole rings is 1. The fraction of sp³-hybridized carbons (Fsp3) is 0.700. The first-order chi connectivity index (χ1) is 6.31. The summed E-state index contributed by atoms with van der Waals surface area (Å²) in [4.78, 5) is 5.96. The molecule has 0 amide bonds. The van der Waals surface area contributed by atoms with Crippen LogP contribution in [0, 0.1) is 6.92 Å². The Morgan fingerprint density at radius 2 is 2.46 bits per heavy atom. The first-order valence-electron chi connectivity index (χ1n) is 4.89. The van der Waals surface area contributed by atoms with Crippen molar-refractivity contribution in [2.75, 3.05) is 6.61 Å². The summed E-state index contributed by atoms with van der Waals surface area (Å²) in [7, 11) is 0. The summed E-state index contributed by atoms with van der Waals surface area (Å²) < 4.78 is 5.60. The third-order valence-corrected chi connectivity index (χ3v) is 3.55. The van der Waals surface area contributed by atoms with E-state index in [1.807, 2.05) is 0 Å². The highest BCUT2D eigenvalue weighted by Crippen LogP contribution is 2.32. The van der Waals surface area contributed by atoms with Gasteiger partial charge in [-0.1, -0.05) is 6.92 Å². The van der Waals surface area contributed by atoms with Gasteiger partial charge in [0.25, 0.3) is 0 Å². The topological polar surface area (TPSA) is 22.1 Å². The Hall–Kier alpha value is -0.410. The van der Waals surface area contributed by atoms with Crippen LogP contribution in [0.5, 0.6) is 0 Å². The van der Waals surface area contributed by atoms with Crippen LogP contribution in [0.2, 0.25) is 0 Å². The van der Waals surface area contributed by atoms with E-state index >= 15 is 0 Å². The van der Waals surface area contributed by atoms with Gasteiger partial charge < -0.3 is 4.74 Å². The van der Waals surface area contributed by atoms with Crippen LogP contribution in [-0.4, -0.2) is 11.6 Å². The maximum absolute atomic E-state index is 5.60. The molecule has 1 atom stereocenters. The molecule has 1 unspecified atom stereocenters. The number of hydrogen-bond acceptors (Lipinski definition) is 3. The van der Waals surface area contributed by atoms with Gasteiger partial charge in [0.2, 0.25) is 0 Å². The van der Waals surface area contributed by atoms with Crippen molar-refractivity contribution in [3.63, 3.8) is 0 Å². The lowest BCUT2D eigenvalue weighted by Crippen LogP contribution is -1.94. The van der Waals surface area contributed by atoms with E-state index in [0.29, 0.717) is 6.10 Å². The van der Waals surface area contributed by atoms with E-state index in [0.717, 1.165) is 19.4 Å². The highest BCUT2D eigenvalue weighted by Gasteiger charge is 2.21. The fourth-order valence-corrected chi connectivity index (χ4v) is 2.78. The van der Waals surface area contributed by atoms with Crippen LogP contribution in [-0.2, 0) is 11.2 Å². The fourth-order valence-electron chi connectivity index (χ4n) is 1.69. The molecule has 1 aliphatic heterocycles. The Kier molecular flexibility index (Phi) is 2.65. The van der Waals surface area contributed by atoms with Gasteiger partial charge in [-0.2, -0.15) is 0 Å². The van der Waals surface area contributed by atoms with Crippen LogP contribution in [0.4, 0.5) is 0 Å². The van der Waals surface area contributed by atoms with Gasteiger partial charge in [0.1, 0.15) is 11.1 Å². The van der Waals surface area contributed by atoms with Crippen molar-refractivity contribution in [3.8, 4) is 0 Å². The van der Waals surface area contributed by atoms with Crippen molar-refractivity contribution < 1.29 is 4.74 Å². The number of ether oxygens (including phenoxy) is 1. The quantitative estimate of drug-likeness (QED) is 0.727. The smallest absolute Gasteiger partial charge is 0.122 e. The summed E-state index contributed by atoms with van der Waals surface area (Å²) in [5.41, 5.74) is 1.25. The predicted molar refractivity (Wildman–Crippen MR) is 54.2 cm³/mol. The molecule has 0 spiro atoms.